The number of aliphatic hydroxyl groups excluding tert-OH is 2. The number of phenols is 1. The zero-order chi connectivity index (χ0) is 12.3. The van der Waals surface area contributed by atoms with Gasteiger partial charge in [0.25, 0.3) is 0 Å². The van der Waals surface area contributed by atoms with Crippen molar-refractivity contribution in [2.75, 3.05) is 13.6 Å². The fourth-order valence-corrected chi connectivity index (χ4v) is 1.75. The monoisotopic (exact) mass is 265 g/mol. The van der Waals surface area contributed by atoms with Gasteiger partial charge in [-0.15, -0.1) is 0 Å². The average Bonchev–Trinajstić information content (AvgIpc) is 2.23. The normalized spacial score (nSPS) is 14.8. The van der Waals surface area contributed by atoms with Gasteiger partial charge in [-0.05, 0) is 13.1 Å². The van der Waals surface area contributed by atoms with Crippen LogP contribution in [0.1, 0.15) is 11.7 Å². The van der Waals surface area contributed by atoms with Crippen LogP contribution in [0.5, 0.6) is 5.75 Å². The number of halogens is 2. The molecule has 0 bridgehead atoms. The summed E-state index contributed by atoms with van der Waals surface area (Å²) >= 11 is 11.5. The topological polar surface area (TPSA) is 72.7 Å². The molecule has 0 saturated heterocycles. The zero-order valence-corrected chi connectivity index (χ0v) is 10.1. The number of nitrogens with one attached hydrogen (secondary N) is 1. The third-order valence-corrected chi connectivity index (χ3v) is 2.79. The molecule has 6 heteroatoms. The smallest absolute Gasteiger partial charge is 0.135 e. The van der Waals surface area contributed by atoms with Gasteiger partial charge >= 0.3 is 0 Å². The maximum Gasteiger partial charge on any atom is 0.135 e. The molecule has 0 saturated carbocycles. The maximum atomic E-state index is 9.80. The largest absolute Gasteiger partial charge is 0.506 e. The van der Waals surface area contributed by atoms with Gasteiger partial charge in [0.15, 0.2) is 0 Å². The molecular weight excluding hydrogens is 253 g/mol. The summed E-state index contributed by atoms with van der Waals surface area (Å²) in [5, 5.41) is 31.6. The zero-order valence-electron chi connectivity index (χ0n) is 8.61. The summed E-state index contributed by atoms with van der Waals surface area (Å²) in [6, 6.07) is 2.57. The Morgan fingerprint density at radius 1 is 1.25 bits per heavy atom. The molecule has 1 rings (SSSR count). The molecule has 0 aliphatic carbocycles. The van der Waals surface area contributed by atoms with Gasteiger partial charge in [-0.2, -0.15) is 0 Å². The summed E-state index contributed by atoms with van der Waals surface area (Å²) in [5.41, 5.74) is 0.284. The van der Waals surface area contributed by atoms with Crippen LogP contribution in [0.4, 0.5) is 0 Å². The molecule has 4 nitrogen and oxygen atoms in total. The van der Waals surface area contributed by atoms with Crippen LogP contribution in [-0.4, -0.2) is 35.0 Å². The molecule has 1 aromatic carbocycles. The molecule has 2 atom stereocenters. The predicted molar refractivity (Wildman–Crippen MR) is 63.0 cm³/mol. The van der Waals surface area contributed by atoms with Gasteiger partial charge in [0.05, 0.1) is 16.1 Å². The van der Waals surface area contributed by atoms with Crippen molar-refractivity contribution in [2.45, 2.75) is 12.2 Å². The van der Waals surface area contributed by atoms with Crippen molar-refractivity contribution in [3.05, 3.63) is 27.7 Å². The molecule has 1 aromatic rings. The summed E-state index contributed by atoms with van der Waals surface area (Å²) in [6.45, 7) is 0.218. The van der Waals surface area contributed by atoms with E-state index in [-0.39, 0.29) is 27.9 Å². The van der Waals surface area contributed by atoms with E-state index in [0.717, 1.165) is 0 Å². The summed E-state index contributed by atoms with van der Waals surface area (Å²) in [4.78, 5) is 0. The van der Waals surface area contributed by atoms with E-state index < -0.39 is 12.2 Å². The first kappa shape index (κ1) is 13.5. The Balaban J connectivity index is 2.99. The number of rotatable bonds is 4. The minimum absolute atomic E-state index is 0.0788. The van der Waals surface area contributed by atoms with E-state index in [2.05, 4.69) is 5.32 Å². The number of hydrogen-bond acceptors (Lipinski definition) is 4. The second kappa shape index (κ2) is 5.70. The Kier molecular flexibility index (Phi) is 4.83. The molecule has 0 amide bonds. The van der Waals surface area contributed by atoms with Gasteiger partial charge in [-0.3, -0.25) is 0 Å². The molecule has 0 fully saturated rings. The van der Waals surface area contributed by atoms with E-state index in [9.17, 15) is 15.3 Å². The first-order chi connectivity index (χ1) is 7.47. The van der Waals surface area contributed by atoms with Crippen molar-refractivity contribution in [2.24, 2.45) is 0 Å². The molecule has 4 N–H and O–H groups in total. The van der Waals surface area contributed by atoms with Crippen molar-refractivity contribution < 1.29 is 15.3 Å². The van der Waals surface area contributed by atoms with Crippen LogP contribution in [0.25, 0.3) is 0 Å². The highest BCUT2D eigenvalue weighted by atomic mass is 35.5. The highest BCUT2D eigenvalue weighted by molar-refractivity contribution is 6.34. The summed E-state index contributed by atoms with van der Waals surface area (Å²) < 4.78 is 0. The van der Waals surface area contributed by atoms with Crippen LogP contribution in [0.15, 0.2) is 12.1 Å². The van der Waals surface area contributed by atoms with Gasteiger partial charge in [0, 0.05) is 18.2 Å². The minimum atomic E-state index is -1.15. The number of likely N-dealkylation sites (N-methyl/N-ethyl adjacent to an activating group) is 1. The number of aromatic hydroxyl groups is 1. The van der Waals surface area contributed by atoms with E-state index in [0.29, 0.717) is 0 Å². The lowest BCUT2D eigenvalue weighted by molar-refractivity contribution is 0.0203. The number of aliphatic hydroxyl groups is 2. The van der Waals surface area contributed by atoms with Crippen molar-refractivity contribution >= 4 is 23.2 Å². The minimum Gasteiger partial charge on any atom is -0.506 e. The van der Waals surface area contributed by atoms with Crippen molar-refractivity contribution in [3.8, 4) is 5.75 Å². The first-order valence-electron chi connectivity index (χ1n) is 4.66. The standard InChI is InChI=1S/C10H13Cl2NO3/c1-13-4-9(15)10(16)5-2-7(12)8(14)3-6(5)11/h2-3,9-10,13-16H,4H2,1H3. The Morgan fingerprint density at radius 3 is 2.44 bits per heavy atom. The number of phenolic OH excluding ortho intramolecular Hbond substituents is 1. The fraction of sp³-hybridized carbons (Fsp3) is 0.400. The third-order valence-electron chi connectivity index (χ3n) is 2.16. The molecule has 0 aromatic heterocycles. The highest BCUT2D eigenvalue weighted by Crippen LogP contribution is 2.34. The fourth-order valence-electron chi connectivity index (χ4n) is 1.31. The van der Waals surface area contributed by atoms with Crippen molar-refractivity contribution in [1.29, 1.82) is 0 Å². The van der Waals surface area contributed by atoms with Gasteiger partial charge in [-0.25, -0.2) is 0 Å². The lowest BCUT2D eigenvalue weighted by Crippen LogP contribution is -2.29. The molecule has 0 radical (unpaired) electrons. The molecule has 2 unspecified atom stereocenters. The van der Waals surface area contributed by atoms with Crippen LogP contribution in [0.3, 0.4) is 0 Å². The molecule has 0 aliphatic rings. The van der Waals surface area contributed by atoms with E-state index in [1.807, 2.05) is 0 Å². The van der Waals surface area contributed by atoms with Gasteiger partial charge < -0.3 is 20.6 Å². The predicted octanol–water partition coefficient (Wildman–Crippen LogP) is 1.31. The quantitative estimate of drug-likeness (QED) is 0.663. The highest BCUT2D eigenvalue weighted by Gasteiger charge is 2.21. The van der Waals surface area contributed by atoms with E-state index in [1.54, 1.807) is 7.05 Å². The Labute approximate surface area is 103 Å². The van der Waals surface area contributed by atoms with Crippen molar-refractivity contribution in [1.82, 2.24) is 5.32 Å². The summed E-state index contributed by atoms with van der Waals surface area (Å²) in [7, 11) is 1.65. The van der Waals surface area contributed by atoms with Crippen molar-refractivity contribution in [3.63, 3.8) is 0 Å². The molecule has 90 valence electrons. The maximum absolute atomic E-state index is 9.80. The van der Waals surface area contributed by atoms with E-state index >= 15 is 0 Å². The van der Waals surface area contributed by atoms with E-state index in [1.165, 1.54) is 12.1 Å². The van der Waals surface area contributed by atoms with Gasteiger partial charge in [-0.1, -0.05) is 23.2 Å². The molecule has 0 heterocycles. The van der Waals surface area contributed by atoms with Crippen LogP contribution in [0.2, 0.25) is 10.0 Å². The van der Waals surface area contributed by atoms with Gasteiger partial charge in [0.2, 0.25) is 0 Å². The SMILES string of the molecule is CNCC(O)C(O)c1cc(Cl)c(O)cc1Cl. The van der Waals surface area contributed by atoms with Crippen LogP contribution in [0, 0.1) is 0 Å². The lowest BCUT2D eigenvalue weighted by atomic mass is 10.0. The number of benzene rings is 1. The summed E-state index contributed by atoms with van der Waals surface area (Å²) in [5.74, 6) is -0.161. The molecule has 0 aliphatic heterocycles. The second-order valence-corrected chi connectivity index (χ2v) is 4.21. The Bertz CT molecular complexity index is 373. The van der Waals surface area contributed by atoms with Crippen LogP contribution < -0.4 is 5.32 Å². The Morgan fingerprint density at radius 2 is 1.88 bits per heavy atom. The summed E-state index contributed by atoms with van der Waals surface area (Å²) in [6.07, 6.45) is -2.15. The first-order valence-corrected chi connectivity index (χ1v) is 5.41. The molecule has 0 spiro atoms. The number of hydrogen-bond donors (Lipinski definition) is 4. The van der Waals surface area contributed by atoms with E-state index in [4.69, 9.17) is 23.2 Å². The van der Waals surface area contributed by atoms with Gasteiger partial charge in [0.1, 0.15) is 11.9 Å². The molecule has 16 heavy (non-hydrogen) atoms. The average molecular weight is 266 g/mol. The lowest BCUT2D eigenvalue weighted by Gasteiger charge is -2.19. The second-order valence-electron chi connectivity index (χ2n) is 3.39. The molecular formula is C10H13Cl2NO3. The third kappa shape index (κ3) is 2.99. The van der Waals surface area contributed by atoms with Crippen LogP contribution >= 0.6 is 23.2 Å². The Hall–Kier alpha value is -0.520. The van der Waals surface area contributed by atoms with Crippen LogP contribution in [-0.2, 0) is 0 Å².